The molecule has 0 saturated heterocycles. The van der Waals surface area contributed by atoms with Gasteiger partial charge in [0.1, 0.15) is 24.1 Å². The van der Waals surface area contributed by atoms with E-state index in [2.05, 4.69) is 15.4 Å². The summed E-state index contributed by atoms with van der Waals surface area (Å²) in [4.78, 5) is 39.3. The SMILES string of the molecule is O=C(Cn1cnc2c(cnn2-c2ccccc2)c1=O)Nc1cc([N+](=O)[O-])ccc1F. The molecule has 0 bridgehead atoms. The minimum absolute atomic E-state index is 0.204. The molecule has 0 fully saturated rings. The number of nitro benzene ring substituents is 1. The van der Waals surface area contributed by atoms with Gasteiger partial charge >= 0.3 is 0 Å². The molecule has 4 aromatic rings. The first-order valence-corrected chi connectivity index (χ1v) is 8.66. The van der Waals surface area contributed by atoms with Gasteiger partial charge in [0, 0.05) is 12.1 Å². The quantitative estimate of drug-likeness (QED) is 0.399. The molecule has 0 saturated carbocycles. The van der Waals surface area contributed by atoms with Crippen LogP contribution in [0.3, 0.4) is 0 Å². The lowest BCUT2D eigenvalue weighted by molar-refractivity contribution is -0.384. The molecule has 2 aromatic heterocycles. The maximum absolute atomic E-state index is 13.9. The van der Waals surface area contributed by atoms with E-state index >= 15 is 0 Å². The molecule has 30 heavy (non-hydrogen) atoms. The Labute approximate surface area is 167 Å². The number of nitrogens with zero attached hydrogens (tertiary/aromatic N) is 5. The Morgan fingerprint density at radius 2 is 1.97 bits per heavy atom. The Morgan fingerprint density at radius 1 is 1.20 bits per heavy atom. The first-order valence-electron chi connectivity index (χ1n) is 8.66. The van der Waals surface area contributed by atoms with Crippen molar-refractivity contribution < 1.29 is 14.1 Å². The van der Waals surface area contributed by atoms with Crippen molar-refractivity contribution in [3.63, 3.8) is 0 Å². The number of non-ortho nitro benzene ring substituents is 1. The van der Waals surface area contributed by atoms with Gasteiger partial charge in [0.05, 0.1) is 22.5 Å². The second-order valence-corrected chi connectivity index (χ2v) is 6.28. The van der Waals surface area contributed by atoms with Crippen molar-refractivity contribution in [2.24, 2.45) is 0 Å². The third kappa shape index (κ3) is 3.51. The Hall–Kier alpha value is -4.41. The molecule has 10 nitrogen and oxygen atoms in total. The maximum atomic E-state index is 13.9. The molecular weight excluding hydrogens is 395 g/mol. The van der Waals surface area contributed by atoms with Crippen molar-refractivity contribution in [3.05, 3.63) is 87.3 Å². The number of benzene rings is 2. The molecule has 1 amide bonds. The summed E-state index contributed by atoms with van der Waals surface area (Å²) < 4.78 is 16.4. The Morgan fingerprint density at radius 3 is 2.70 bits per heavy atom. The maximum Gasteiger partial charge on any atom is 0.271 e. The van der Waals surface area contributed by atoms with E-state index in [1.165, 1.54) is 17.2 Å². The van der Waals surface area contributed by atoms with E-state index in [0.29, 0.717) is 5.65 Å². The molecule has 0 aliphatic carbocycles. The zero-order valence-electron chi connectivity index (χ0n) is 15.2. The summed E-state index contributed by atoms with van der Waals surface area (Å²) in [5.74, 6) is -1.58. The van der Waals surface area contributed by atoms with Crippen LogP contribution in [0, 0.1) is 15.9 Å². The van der Waals surface area contributed by atoms with Gasteiger partial charge in [-0.05, 0) is 18.2 Å². The average molecular weight is 408 g/mol. The minimum atomic E-state index is -0.834. The summed E-state index contributed by atoms with van der Waals surface area (Å²) in [6, 6.07) is 11.9. The molecule has 0 spiro atoms. The molecule has 0 radical (unpaired) electrons. The summed E-state index contributed by atoms with van der Waals surface area (Å²) in [5.41, 5.74) is -0.186. The number of hydrogen-bond donors (Lipinski definition) is 1. The lowest BCUT2D eigenvalue weighted by Gasteiger charge is -2.08. The number of carbonyl (C=O) groups is 1. The molecule has 2 heterocycles. The lowest BCUT2D eigenvalue weighted by atomic mass is 10.2. The minimum Gasteiger partial charge on any atom is -0.322 e. The van der Waals surface area contributed by atoms with E-state index < -0.39 is 28.8 Å². The number of nitro groups is 1. The van der Waals surface area contributed by atoms with Gasteiger partial charge in [0.2, 0.25) is 5.91 Å². The highest BCUT2D eigenvalue weighted by Gasteiger charge is 2.16. The Balaban J connectivity index is 1.60. The number of carbonyl (C=O) groups excluding carboxylic acids is 1. The number of amides is 1. The highest BCUT2D eigenvalue weighted by molar-refractivity contribution is 5.91. The molecule has 0 atom stereocenters. The zero-order valence-corrected chi connectivity index (χ0v) is 15.2. The second kappa shape index (κ2) is 7.54. The van der Waals surface area contributed by atoms with Crippen molar-refractivity contribution in [1.29, 1.82) is 0 Å². The van der Waals surface area contributed by atoms with Gasteiger partial charge in [0.25, 0.3) is 11.2 Å². The zero-order chi connectivity index (χ0) is 21.3. The smallest absolute Gasteiger partial charge is 0.271 e. The number of hydrogen-bond acceptors (Lipinski definition) is 6. The van der Waals surface area contributed by atoms with Crippen LogP contribution >= 0.6 is 0 Å². The largest absolute Gasteiger partial charge is 0.322 e. The van der Waals surface area contributed by atoms with Gasteiger partial charge < -0.3 is 5.32 Å². The molecule has 0 aliphatic heterocycles. The average Bonchev–Trinajstić information content (AvgIpc) is 3.17. The van der Waals surface area contributed by atoms with Crippen molar-refractivity contribution >= 4 is 28.3 Å². The molecule has 0 unspecified atom stereocenters. The van der Waals surface area contributed by atoms with E-state index in [9.17, 15) is 24.1 Å². The van der Waals surface area contributed by atoms with E-state index in [-0.39, 0.29) is 16.8 Å². The van der Waals surface area contributed by atoms with Gasteiger partial charge in [-0.2, -0.15) is 5.10 Å². The van der Waals surface area contributed by atoms with Gasteiger partial charge in [0.15, 0.2) is 5.65 Å². The number of halogens is 1. The first-order chi connectivity index (χ1) is 14.4. The summed E-state index contributed by atoms with van der Waals surface area (Å²) in [6.07, 6.45) is 2.54. The summed E-state index contributed by atoms with van der Waals surface area (Å²) in [5, 5.41) is 17.4. The number of rotatable bonds is 5. The third-order valence-corrected chi connectivity index (χ3v) is 4.30. The predicted octanol–water partition coefficient (Wildman–Crippen LogP) is 2.27. The van der Waals surface area contributed by atoms with Crippen LogP contribution in [0.4, 0.5) is 15.8 Å². The fourth-order valence-corrected chi connectivity index (χ4v) is 2.89. The molecular formula is C19H13FN6O4. The van der Waals surface area contributed by atoms with Crippen LogP contribution < -0.4 is 10.9 Å². The Bertz CT molecular complexity index is 1330. The van der Waals surface area contributed by atoms with Crippen molar-refractivity contribution in [2.75, 3.05) is 5.32 Å². The number of fused-ring (bicyclic) bond motifs is 1. The molecule has 2 aromatic carbocycles. The molecule has 1 N–H and O–H groups in total. The normalized spacial score (nSPS) is 10.8. The molecule has 11 heteroatoms. The van der Waals surface area contributed by atoms with E-state index in [1.807, 2.05) is 18.2 Å². The first kappa shape index (κ1) is 18.9. The van der Waals surface area contributed by atoms with Gasteiger partial charge in [-0.15, -0.1) is 0 Å². The number of anilines is 1. The van der Waals surface area contributed by atoms with Crippen molar-refractivity contribution in [2.45, 2.75) is 6.54 Å². The topological polar surface area (TPSA) is 125 Å². The number of para-hydroxylation sites is 1. The summed E-state index contributed by atoms with van der Waals surface area (Å²) in [7, 11) is 0. The van der Waals surface area contributed by atoms with Crippen LogP contribution in [0.2, 0.25) is 0 Å². The summed E-state index contributed by atoms with van der Waals surface area (Å²) >= 11 is 0. The summed E-state index contributed by atoms with van der Waals surface area (Å²) in [6.45, 7) is -0.458. The lowest BCUT2D eigenvalue weighted by Crippen LogP contribution is -2.28. The van der Waals surface area contributed by atoms with Gasteiger partial charge in [-0.1, -0.05) is 18.2 Å². The van der Waals surface area contributed by atoms with Crippen LogP contribution in [0.15, 0.2) is 65.8 Å². The van der Waals surface area contributed by atoms with E-state index in [0.717, 1.165) is 28.5 Å². The predicted molar refractivity (Wildman–Crippen MR) is 105 cm³/mol. The second-order valence-electron chi connectivity index (χ2n) is 6.28. The van der Waals surface area contributed by atoms with Crippen LogP contribution in [0.1, 0.15) is 0 Å². The fourth-order valence-electron chi connectivity index (χ4n) is 2.89. The van der Waals surface area contributed by atoms with Crippen LogP contribution in [-0.4, -0.2) is 30.2 Å². The molecule has 4 rings (SSSR count). The molecule has 150 valence electrons. The fraction of sp³-hybridized carbons (Fsp3) is 0.0526. The van der Waals surface area contributed by atoms with Crippen LogP contribution in [0.25, 0.3) is 16.7 Å². The van der Waals surface area contributed by atoms with Crippen molar-refractivity contribution in [1.82, 2.24) is 19.3 Å². The Kier molecular flexibility index (Phi) is 4.76. The van der Waals surface area contributed by atoms with E-state index in [4.69, 9.17) is 0 Å². The van der Waals surface area contributed by atoms with Crippen LogP contribution in [-0.2, 0) is 11.3 Å². The number of nitrogens with one attached hydrogen (secondary N) is 1. The van der Waals surface area contributed by atoms with Gasteiger partial charge in [-0.3, -0.25) is 24.3 Å². The molecule has 0 aliphatic rings. The standard InChI is InChI=1S/C19H13FN6O4/c20-15-7-6-13(26(29)30)8-16(15)23-17(27)10-24-11-21-18-14(19(24)28)9-22-25(18)12-4-2-1-3-5-12/h1-9,11H,10H2,(H,23,27). The third-order valence-electron chi connectivity index (χ3n) is 4.30. The van der Waals surface area contributed by atoms with Gasteiger partial charge in [-0.25, -0.2) is 14.1 Å². The van der Waals surface area contributed by atoms with E-state index in [1.54, 1.807) is 12.1 Å². The van der Waals surface area contributed by atoms with Crippen LogP contribution in [0.5, 0.6) is 0 Å². The monoisotopic (exact) mass is 408 g/mol. The number of aromatic nitrogens is 4. The highest BCUT2D eigenvalue weighted by Crippen LogP contribution is 2.21. The van der Waals surface area contributed by atoms with Crippen molar-refractivity contribution in [3.8, 4) is 5.69 Å². The highest BCUT2D eigenvalue weighted by atomic mass is 19.1.